The van der Waals surface area contributed by atoms with Gasteiger partial charge >= 0.3 is 0 Å². The van der Waals surface area contributed by atoms with Crippen molar-refractivity contribution in [2.75, 3.05) is 13.7 Å². The lowest BCUT2D eigenvalue weighted by molar-refractivity contribution is 0.0653. The van der Waals surface area contributed by atoms with Gasteiger partial charge in [0.2, 0.25) is 0 Å². The number of halogens is 1. The van der Waals surface area contributed by atoms with E-state index in [0.29, 0.717) is 12.3 Å². The Morgan fingerprint density at radius 2 is 2.17 bits per heavy atom. The summed E-state index contributed by atoms with van der Waals surface area (Å²) in [6.07, 6.45) is 5.45. The molecule has 0 bridgehead atoms. The van der Waals surface area contributed by atoms with Gasteiger partial charge in [0.15, 0.2) is 0 Å². The van der Waals surface area contributed by atoms with Crippen LogP contribution >= 0.6 is 0 Å². The van der Waals surface area contributed by atoms with E-state index in [4.69, 9.17) is 9.15 Å². The number of hydrogen-bond acceptors (Lipinski definition) is 3. The number of likely N-dealkylation sites (tertiary alicyclic amines) is 1. The van der Waals surface area contributed by atoms with Gasteiger partial charge in [0.25, 0.3) is 5.91 Å². The van der Waals surface area contributed by atoms with Crippen LogP contribution in [-0.2, 0) is 0 Å². The van der Waals surface area contributed by atoms with Crippen LogP contribution in [0.3, 0.4) is 0 Å². The maximum atomic E-state index is 14.3. The molecule has 0 radical (unpaired) electrons. The van der Waals surface area contributed by atoms with E-state index in [0.717, 1.165) is 31.4 Å². The second-order valence-electron chi connectivity index (χ2n) is 5.72. The van der Waals surface area contributed by atoms with E-state index in [2.05, 4.69) is 0 Å². The van der Waals surface area contributed by atoms with Crippen molar-refractivity contribution in [3.8, 4) is 5.75 Å². The highest BCUT2D eigenvalue weighted by atomic mass is 19.1. The number of ether oxygens (including phenoxy) is 1. The molecule has 1 aromatic heterocycles. The van der Waals surface area contributed by atoms with Crippen LogP contribution in [0.15, 0.2) is 41.0 Å². The van der Waals surface area contributed by atoms with Crippen molar-refractivity contribution < 1.29 is 18.3 Å². The molecular weight excluding hydrogens is 297 g/mol. The number of methoxy groups -OCH3 is 1. The molecule has 2 aromatic rings. The second-order valence-corrected chi connectivity index (χ2v) is 5.72. The maximum absolute atomic E-state index is 14.3. The van der Waals surface area contributed by atoms with Crippen LogP contribution in [-0.4, -0.2) is 24.5 Å². The first-order chi connectivity index (χ1) is 11.2. The standard InChI is InChI=1S/C18H20FNO3/c1-22-13-8-9-14(15(19)12-13)18(21)20-10-4-2-3-6-16(20)17-7-5-11-23-17/h5,7-9,11-12,16H,2-4,6,10H2,1H3/t16-/m1/s1. The molecular formula is C18H20FNO3. The van der Waals surface area contributed by atoms with Gasteiger partial charge in [0.05, 0.1) is 25.0 Å². The maximum Gasteiger partial charge on any atom is 0.257 e. The van der Waals surface area contributed by atoms with Gasteiger partial charge in [-0.05, 0) is 37.1 Å². The van der Waals surface area contributed by atoms with Crippen LogP contribution in [0.2, 0.25) is 0 Å². The fourth-order valence-corrected chi connectivity index (χ4v) is 3.08. The Bertz CT molecular complexity index is 669. The van der Waals surface area contributed by atoms with Crippen molar-refractivity contribution in [1.29, 1.82) is 0 Å². The molecule has 0 saturated carbocycles. The van der Waals surface area contributed by atoms with Gasteiger partial charge in [0.1, 0.15) is 17.3 Å². The Balaban J connectivity index is 1.91. The van der Waals surface area contributed by atoms with Crippen LogP contribution in [0.25, 0.3) is 0 Å². The zero-order valence-corrected chi connectivity index (χ0v) is 13.1. The van der Waals surface area contributed by atoms with Gasteiger partial charge in [-0.25, -0.2) is 4.39 Å². The SMILES string of the molecule is COc1ccc(C(=O)N2CCCCC[C@@H]2c2ccco2)c(F)c1. The molecule has 122 valence electrons. The Hall–Kier alpha value is -2.30. The minimum Gasteiger partial charge on any atom is -0.497 e. The molecule has 1 atom stereocenters. The van der Waals surface area contributed by atoms with Gasteiger partial charge in [-0.2, -0.15) is 0 Å². The van der Waals surface area contributed by atoms with Crippen LogP contribution in [0.1, 0.15) is 47.8 Å². The van der Waals surface area contributed by atoms with E-state index >= 15 is 0 Å². The topological polar surface area (TPSA) is 42.7 Å². The number of nitrogens with zero attached hydrogens (tertiary/aromatic N) is 1. The average molecular weight is 317 g/mol. The van der Waals surface area contributed by atoms with E-state index in [-0.39, 0.29) is 17.5 Å². The Labute approximate surface area is 134 Å². The molecule has 2 heterocycles. The van der Waals surface area contributed by atoms with Crippen molar-refractivity contribution in [2.24, 2.45) is 0 Å². The number of furan rings is 1. The molecule has 1 amide bonds. The number of rotatable bonds is 3. The molecule has 1 aliphatic heterocycles. The van der Waals surface area contributed by atoms with Crippen LogP contribution in [0, 0.1) is 5.82 Å². The van der Waals surface area contributed by atoms with E-state index in [1.165, 1.54) is 19.2 Å². The van der Waals surface area contributed by atoms with E-state index < -0.39 is 5.82 Å². The fourth-order valence-electron chi connectivity index (χ4n) is 3.08. The lowest BCUT2D eigenvalue weighted by Crippen LogP contribution is -2.35. The molecule has 3 rings (SSSR count). The van der Waals surface area contributed by atoms with Crippen LogP contribution < -0.4 is 4.74 Å². The zero-order chi connectivity index (χ0) is 16.2. The summed E-state index contributed by atoms with van der Waals surface area (Å²) in [4.78, 5) is 14.6. The van der Waals surface area contributed by atoms with Crippen molar-refractivity contribution >= 4 is 5.91 Å². The molecule has 23 heavy (non-hydrogen) atoms. The minimum atomic E-state index is -0.559. The summed E-state index contributed by atoms with van der Waals surface area (Å²) in [5.41, 5.74) is 0.0734. The van der Waals surface area contributed by atoms with Crippen LogP contribution in [0.4, 0.5) is 4.39 Å². The van der Waals surface area contributed by atoms with Gasteiger partial charge < -0.3 is 14.1 Å². The number of hydrogen-bond donors (Lipinski definition) is 0. The summed E-state index contributed by atoms with van der Waals surface area (Å²) in [5.74, 6) is 0.303. The molecule has 1 aliphatic rings. The molecule has 0 unspecified atom stereocenters. The molecule has 0 spiro atoms. The van der Waals surface area contributed by atoms with E-state index in [9.17, 15) is 9.18 Å². The Kier molecular flexibility index (Phi) is 4.65. The highest BCUT2D eigenvalue weighted by Crippen LogP contribution is 2.32. The highest BCUT2D eigenvalue weighted by molar-refractivity contribution is 5.95. The van der Waals surface area contributed by atoms with E-state index in [1.807, 2.05) is 12.1 Å². The normalized spacial score (nSPS) is 18.5. The number of carbonyl (C=O) groups is 1. The average Bonchev–Trinajstić information content (AvgIpc) is 2.98. The first-order valence-electron chi connectivity index (χ1n) is 7.88. The summed E-state index contributed by atoms with van der Waals surface area (Å²) in [6.45, 7) is 0.607. The van der Waals surface area contributed by atoms with Crippen molar-refractivity contribution in [3.63, 3.8) is 0 Å². The summed E-state index contributed by atoms with van der Waals surface area (Å²) in [6, 6.07) is 7.89. The zero-order valence-electron chi connectivity index (χ0n) is 13.1. The smallest absolute Gasteiger partial charge is 0.257 e. The van der Waals surface area contributed by atoms with Crippen molar-refractivity contribution in [3.05, 3.63) is 53.7 Å². The number of benzene rings is 1. The lowest BCUT2D eigenvalue weighted by atomic mass is 10.1. The Morgan fingerprint density at radius 1 is 1.30 bits per heavy atom. The monoisotopic (exact) mass is 317 g/mol. The molecule has 5 heteroatoms. The summed E-state index contributed by atoms with van der Waals surface area (Å²) < 4.78 is 24.8. The molecule has 1 fully saturated rings. The molecule has 0 aliphatic carbocycles. The fraction of sp³-hybridized carbons (Fsp3) is 0.389. The quantitative estimate of drug-likeness (QED) is 0.852. The third kappa shape index (κ3) is 3.23. The molecule has 1 saturated heterocycles. The summed E-state index contributed by atoms with van der Waals surface area (Å²) >= 11 is 0. The molecule has 1 aromatic carbocycles. The molecule has 0 N–H and O–H groups in total. The highest BCUT2D eigenvalue weighted by Gasteiger charge is 2.30. The number of carbonyl (C=O) groups excluding carboxylic acids is 1. The van der Waals surface area contributed by atoms with Gasteiger partial charge in [-0.15, -0.1) is 0 Å². The predicted molar refractivity (Wildman–Crippen MR) is 83.9 cm³/mol. The first kappa shape index (κ1) is 15.6. The van der Waals surface area contributed by atoms with Gasteiger partial charge in [-0.3, -0.25) is 4.79 Å². The first-order valence-corrected chi connectivity index (χ1v) is 7.88. The summed E-state index contributed by atoms with van der Waals surface area (Å²) in [5, 5.41) is 0. The Morgan fingerprint density at radius 3 is 2.87 bits per heavy atom. The van der Waals surface area contributed by atoms with Crippen molar-refractivity contribution in [2.45, 2.75) is 31.7 Å². The van der Waals surface area contributed by atoms with Gasteiger partial charge in [0, 0.05) is 12.6 Å². The predicted octanol–water partition coefficient (Wildman–Crippen LogP) is 4.18. The third-order valence-electron chi connectivity index (χ3n) is 4.29. The van der Waals surface area contributed by atoms with Gasteiger partial charge in [-0.1, -0.05) is 12.8 Å². The van der Waals surface area contributed by atoms with E-state index in [1.54, 1.807) is 17.2 Å². The van der Waals surface area contributed by atoms with Crippen molar-refractivity contribution in [1.82, 2.24) is 4.90 Å². The van der Waals surface area contributed by atoms with Crippen LogP contribution in [0.5, 0.6) is 5.75 Å². The largest absolute Gasteiger partial charge is 0.497 e. The lowest BCUT2D eigenvalue weighted by Gasteiger charge is -2.29. The summed E-state index contributed by atoms with van der Waals surface area (Å²) in [7, 11) is 1.47. The number of amides is 1. The second kappa shape index (κ2) is 6.86. The molecule has 4 nitrogen and oxygen atoms in total. The third-order valence-corrected chi connectivity index (χ3v) is 4.29. The minimum absolute atomic E-state index is 0.0734.